The third-order valence-corrected chi connectivity index (χ3v) is 6.88. The van der Waals surface area contributed by atoms with E-state index in [9.17, 15) is 23.6 Å². The average molecular weight is 575 g/mol. The van der Waals surface area contributed by atoms with E-state index < -0.39 is 18.6 Å². The van der Waals surface area contributed by atoms with E-state index >= 15 is 4.39 Å². The van der Waals surface area contributed by atoms with E-state index in [4.69, 9.17) is 10.5 Å². The first-order chi connectivity index (χ1) is 20.2. The van der Waals surface area contributed by atoms with Crippen LogP contribution in [0.4, 0.5) is 24.7 Å². The summed E-state index contributed by atoms with van der Waals surface area (Å²) in [7, 11) is 1.38. The molecule has 12 heteroatoms. The Balaban J connectivity index is 1.82. The molecular formula is C30H25F3N6O3. The van der Waals surface area contributed by atoms with Crippen LogP contribution in [-0.2, 0) is 4.79 Å². The Hall–Kier alpha value is -5.31. The van der Waals surface area contributed by atoms with Crippen molar-refractivity contribution in [1.82, 2.24) is 14.9 Å². The van der Waals surface area contributed by atoms with Gasteiger partial charge in [0.15, 0.2) is 0 Å². The third-order valence-electron chi connectivity index (χ3n) is 6.88. The number of methoxy groups -OCH3 is 1. The van der Waals surface area contributed by atoms with Crippen molar-refractivity contribution in [1.29, 1.82) is 5.26 Å². The molecule has 0 aliphatic heterocycles. The molecule has 1 aliphatic rings. The maximum atomic E-state index is 15.5. The highest BCUT2D eigenvalue weighted by molar-refractivity contribution is 6.11. The van der Waals surface area contributed by atoms with Crippen molar-refractivity contribution in [2.24, 2.45) is 0 Å². The number of nitriles is 1. The molecule has 1 saturated carbocycles. The van der Waals surface area contributed by atoms with E-state index in [0.29, 0.717) is 11.3 Å². The van der Waals surface area contributed by atoms with Crippen LogP contribution >= 0.6 is 0 Å². The number of hydrogen-bond donors (Lipinski definition) is 3. The molecule has 2 heterocycles. The first-order valence-electron chi connectivity index (χ1n) is 12.9. The van der Waals surface area contributed by atoms with Crippen molar-refractivity contribution in [3.05, 3.63) is 72.4 Å². The van der Waals surface area contributed by atoms with Gasteiger partial charge in [-0.1, -0.05) is 24.8 Å². The molecule has 2 amide bonds. The monoisotopic (exact) mass is 574 g/mol. The summed E-state index contributed by atoms with van der Waals surface area (Å²) in [6, 6.07) is 12.6. The van der Waals surface area contributed by atoms with Crippen LogP contribution in [0.3, 0.4) is 0 Å². The van der Waals surface area contributed by atoms with Gasteiger partial charge >= 0.3 is 0 Å². The Labute approximate surface area is 238 Å². The van der Waals surface area contributed by atoms with Gasteiger partial charge in [-0.3, -0.25) is 9.59 Å². The molecule has 1 atom stereocenters. The second-order valence-corrected chi connectivity index (χ2v) is 9.63. The molecule has 2 aromatic heterocycles. The lowest BCUT2D eigenvalue weighted by Crippen LogP contribution is -2.25. The van der Waals surface area contributed by atoms with Crippen molar-refractivity contribution < 1.29 is 27.5 Å². The number of aromatic nitrogens is 2. The lowest BCUT2D eigenvalue weighted by molar-refractivity contribution is -0.111. The predicted molar refractivity (Wildman–Crippen MR) is 152 cm³/mol. The number of carbonyl (C=O) groups is 2. The number of nitrogens with zero attached hydrogens (tertiary/aromatic N) is 3. The molecule has 2 aromatic carbocycles. The van der Waals surface area contributed by atoms with Gasteiger partial charge in [0.25, 0.3) is 12.3 Å². The quantitative estimate of drug-likeness (QED) is 0.223. The molecule has 0 radical (unpaired) electrons. The Kier molecular flexibility index (Phi) is 7.58. The first-order valence-corrected chi connectivity index (χ1v) is 12.9. The van der Waals surface area contributed by atoms with Gasteiger partial charge in [-0.05, 0) is 54.3 Å². The van der Waals surface area contributed by atoms with Gasteiger partial charge in [-0.15, -0.1) is 0 Å². The highest BCUT2D eigenvalue weighted by atomic mass is 19.3. The minimum absolute atomic E-state index is 0.0205. The topological polar surface area (TPSA) is 135 Å². The van der Waals surface area contributed by atoms with Gasteiger partial charge in [0, 0.05) is 23.5 Å². The van der Waals surface area contributed by atoms with Crippen LogP contribution in [0, 0.1) is 11.3 Å². The minimum Gasteiger partial charge on any atom is -0.496 e. The van der Waals surface area contributed by atoms with E-state index in [1.165, 1.54) is 43.5 Å². The second-order valence-electron chi connectivity index (χ2n) is 9.63. The highest BCUT2D eigenvalue weighted by Gasteiger charge is 2.33. The molecule has 0 bridgehead atoms. The number of halogens is 3. The molecule has 0 saturated heterocycles. The van der Waals surface area contributed by atoms with Crippen LogP contribution < -0.4 is 21.1 Å². The van der Waals surface area contributed by atoms with Crippen molar-refractivity contribution in [2.45, 2.75) is 31.6 Å². The minimum atomic E-state index is -3.46. The fourth-order valence-corrected chi connectivity index (χ4v) is 4.80. The van der Waals surface area contributed by atoms with Gasteiger partial charge < -0.3 is 25.7 Å². The van der Waals surface area contributed by atoms with E-state index in [1.807, 2.05) is 6.07 Å². The summed E-state index contributed by atoms with van der Waals surface area (Å²) in [6.45, 7) is 3.40. The normalized spacial score (nSPS) is 13.4. The summed E-state index contributed by atoms with van der Waals surface area (Å²) in [4.78, 5) is 28.7. The molecule has 1 unspecified atom stereocenters. The van der Waals surface area contributed by atoms with Crippen molar-refractivity contribution in [3.63, 3.8) is 0 Å². The Morgan fingerprint density at radius 1 is 1.19 bits per heavy atom. The zero-order chi connectivity index (χ0) is 30.1. The molecular weight excluding hydrogens is 549 g/mol. The number of nitrogens with two attached hydrogens (primary N) is 1. The number of nitrogen functional groups attached to an aromatic ring is 1. The molecule has 42 heavy (non-hydrogen) atoms. The summed E-state index contributed by atoms with van der Waals surface area (Å²) >= 11 is 0. The fraction of sp³-hybridized carbons (Fsp3) is 0.200. The SMILES string of the molecule is C=CC(=O)Nc1ccc(-c2c(-c3ccc(C(=O)NC4CC4)c(OC)c3)c3c(N)ncc(C#N)c3n2C(F)C(F)F)cc1. The molecule has 9 nitrogen and oxygen atoms in total. The average Bonchev–Trinajstić information content (AvgIpc) is 3.74. The molecule has 4 N–H and O–H groups in total. The molecule has 4 aromatic rings. The lowest BCUT2D eigenvalue weighted by atomic mass is 9.96. The number of rotatable bonds is 9. The summed E-state index contributed by atoms with van der Waals surface area (Å²) in [5.41, 5.74) is 7.36. The van der Waals surface area contributed by atoms with Crippen molar-refractivity contribution in [3.8, 4) is 34.2 Å². The van der Waals surface area contributed by atoms with Crippen molar-refractivity contribution in [2.75, 3.05) is 18.2 Å². The Morgan fingerprint density at radius 2 is 1.88 bits per heavy atom. The number of fused-ring (bicyclic) bond motifs is 1. The zero-order valence-corrected chi connectivity index (χ0v) is 22.3. The number of carbonyl (C=O) groups excluding carboxylic acids is 2. The summed E-state index contributed by atoms with van der Waals surface area (Å²) in [5.74, 6) is -0.733. The van der Waals surface area contributed by atoms with Gasteiger partial charge in [-0.2, -0.15) is 5.26 Å². The number of ether oxygens (including phenoxy) is 1. The van der Waals surface area contributed by atoms with Gasteiger partial charge in [0.2, 0.25) is 12.2 Å². The number of benzene rings is 2. The van der Waals surface area contributed by atoms with Crippen LogP contribution in [0.5, 0.6) is 5.75 Å². The smallest absolute Gasteiger partial charge is 0.288 e. The van der Waals surface area contributed by atoms with E-state index in [0.717, 1.165) is 29.7 Å². The number of anilines is 2. The standard InChI is InChI=1S/C30H25F3N6O3/c1-3-22(40)37-18-7-4-15(5-8-18)25-23(16-6-11-20(21(12-16)42-2)30(41)38-19-9-10-19)24-26(39(25)28(33)27(31)32)17(13-34)14-36-29(24)35/h3-8,11-12,14,19,27-28H,1,9-10H2,2H3,(H2,35,36)(H,37,40)(H,38,41). The number of alkyl halides is 3. The largest absolute Gasteiger partial charge is 0.496 e. The van der Waals surface area contributed by atoms with Crippen LogP contribution in [0.25, 0.3) is 33.3 Å². The molecule has 1 aliphatic carbocycles. The Bertz CT molecular complexity index is 1760. The maximum Gasteiger partial charge on any atom is 0.288 e. The first kappa shape index (κ1) is 28.2. The third kappa shape index (κ3) is 5.12. The molecule has 5 rings (SSSR count). The predicted octanol–water partition coefficient (Wildman–Crippen LogP) is 5.58. The number of pyridine rings is 1. The number of nitrogens with one attached hydrogen (secondary N) is 2. The molecule has 0 spiro atoms. The van der Waals surface area contributed by atoms with Crippen molar-refractivity contribution >= 4 is 34.2 Å². The maximum absolute atomic E-state index is 15.5. The van der Waals surface area contributed by atoms with Gasteiger partial charge in [-0.25, -0.2) is 18.2 Å². The fourth-order valence-electron chi connectivity index (χ4n) is 4.80. The van der Waals surface area contributed by atoms with E-state index in [1.54, 1.807) is 6.07 Å². The van der Waals surface area contributed by atoms with E-state index in [2.05, 4.69) is 22.2 Å². The second kappa shape index (κ2) is 11.3. The van der Waals surface area contributed by atoms with Crippen LogP contribution in [0.1, 0.15) is 35.1 Å². The zero-order valence-electron chi connectivity index (χ0n) is 22.3. The summed E-state index contributed by atoms with van der Waals surface area (Å²) in [5, 5.41) is 15.4. The lowest BCUT2D eigenvalue weighted by Gasteiger charge is -2.17. The van der Waals surface area contributed by atoms with Crippen LogP contribution in [0.2, 0.25) is 0 Å². The Morgan fingerprint density at radius 3 is 2.48 bits per heavy atom. The summed E-state index contributed by atoms with van der Waals surface area (Å²) < 4.78 is 49.9. The number of amides is 2. The number of hydrogen-bond acceptors (Lipinski definition) is 6. The summed E-state index contributed by atoms with van der Waals surface area (Å²) in [6.07, 6.45) is -2.38. The highest BCUT2D eigenvalue weighted by Crippen LogP contribution is 2.47. The van der Waals surface area contributed by atoms with Crippen LogP contribution in [-0.4, -0.2) is 40.9 Å². The van der Waals surface area contributed by atoms with E-state index in [-0.39, 0.29) is 62.4 Å². The van der Waals surface area contributed by atoms with Crippen LogP contribution in [0.15, 0.2) is 61.3 Å². The molecule has 1 fully saturated rings. The molecule has 214 valence electrons. The van der Waals surface area contributed by atoms with Gasteiger partial charge in [0.1, 0.15) is 17.6 Å². The van der Waals surface area contributed by atoms with Gasteiger partial charge in [0.05, 0.1) is 34.8 Å².